The lowest BCUT2D eigenvalue weighted by Crippen LogP contribution is -2.23. The van der Waals surface area contributed by atoms with Crippen molar-refractivity contribution >= 4 is 11.8 Å². The van der Waals surface area contributed by atoms with E-state index in [2.05, 4.69) is 45.6 Å². The van der Waals surface area contributed by atoms with Crippen LogP contribution in [0.2, 0.25) is 0 Å². The van der Waals surface area contributed by atoms with E-state index in [1.54, 1.807) is 11.8 Å². The Hall–Kier alpha value is -1.07. The van der Waals surface area contributed by atoms with Crippen LogP contribution in [0.4, 0.5) is 0 Å². The van der Waals surface area contributed by atoms with Gasteiger partial charge in [0.15, 0.2) is 6.29 Å². The Kier molecular flexibility index (Phi) is 11.8. The van der Waals surface area contributed by atoms with E-state index in [1.807, 2.05) is 18.2 Å². The zero-order chi connectivity index (χ0) is 21.8. The van der Waals surface area contributed by atoms with E-state index in [9.17, 15) is 5.11 Å². The minimum absolute atomic E-state index is 0.00747. The molecule has 30 heavy (non-hydrogen) atoms. The number of benzene rings is 1. The molecule has 4 heteroatoms. The average Bonchev–Trinajstić information content (AvgIpc) is 2.75. The number of aliphatic hydroxyl groups excluding tert-OH is 1. The highest BCUT2D eigenvalue weighted by Gasteiger charge is 2.21. The Balaban J connectivity index is 1.71. The lowest BCUT2D eigenvalue weighted by molar-refractivity contribution is -0.162. The van der Waals surface area contributed by atoms with Crippen molar-refractivity contribution in [1.29, 1.82) is 0 Å². The molecule has 0 bridgehead atoms. The highest BCUT2D eigenvalue weighted by atomic mass is 32.2. The smallest absolute Gasteiger partial charge is 0.157 e. The van der Waals surface area contributed by atoms with E-state index in [1.165, 1.54) is 16.9 Å². The summed E-state index contributed by atoms with van der Waals surface area (Å²) in [4.78, 5) is 1.20. The van der Waals surface area contributed by atoms with E-state index in [0.717, 1.165) is 57.3 Å². The van der Waals surface area contributed by atoms with Crippen molar-refractivity contribution in [2.75, 3.05) is 13.2 Å². The van der Waals surface area contributed by atoms with Gasteiger partial charge >= 0.3 is 0 Å². The van der Waals surface area contributed by atoms with Gasteiger partial charge in [-0.2, -0.15) is 0 Å². The van der Waals surface area contributed by atoms with Gasteiger partial charge in [0.25, 0.3) is 0 Å². The summed E-state index contributed by atoms with van der Waals surface area (Å²) in [5.74, 6) is 0.306. The molecule has 0 amide bonds. The summed E-state index contributed by atoms with van der Waals surface area (Å²) in [5, 5.41) is 10.9. The first-order chi connectivity index (χ1) is 14.5. The van der Waals surface area contributed by atoms with Crippen LogP contribution in [-0.4, -0.2) is 36.0 Å². The zero-order valence-electron chi connectivity index (χ0n) is 19.0. The number of rotatable bonds is 13. The molecule has 0 spiro atoms. The molecule has 0 saturated carbocycles. The van der Waals surface area contributed by atoms with Crippen molar-refractivity contribution in [2.24, 2.45) is 5.92 Å². The fourth-order valence-corrected chi connectivity index (χ4v) is 4.64. The van der Waals surface area contributed by atoms with Gasteiger partial charge in [-0.1, -0.05) is 48.9 Å². The summed E-state index contributed by atoms with van der Waals surface area (Å²) in [6, 6.07) is 10.3. The lowest BCUT2D eigenvalue weighted by atomic mass is 9.90. The Morgan fingerprint density at radius 2 is 2.07 bits per heavy atom. The summed E-state index contributed by atoms with van der Waals surface area (Å²) in [5.41, 5.74) is 2.53. The molecule has 0 aliphatic carbocycles. The highest BCUT2D eigenvalue weighted by molar-refractivity contribution is 8.00. The van der Waals surface area contributed by atoms with Crippen LogP contribution in [0.15, 0.2) is 59.0 Å². The van der Waals surface area contributed by atoms with Crippen molar-refractivity contribution in [3.05, 3.63) is 54.1 Å². The van der Waals surface area contributed by atoms with Gasteiger partial charge in [0, 0.05) is 16.8 Å². The molecule has 168 valence electrons. The number of aliphatic hydroxyl groups is 1. The van der Waals surface area contributed by atoms with Crippen LogP contribution in [0.3, 0.4) is 0 Å². The molecule has 3 nitrogen and oxygen atoms in total. The third-order valence-corrected chi connectivity index (χ3v) is 6.97. The van der Waals surface area contributed by atoms with Crippen LogP contribution in [0.1, 0.15) is 65.7 Å². The van der Waals surface area contributed by atoms with Gasteiger partial charge in [0.2, 0.25) is 0 Å². The van der Waals surface area contributed by atoms with E-state index in [4.69, 9.17) is 9.47 Å². The van der Waals surface area contributed by atoms with E-state index in [0.29, 0.717) is 5.92 Å². The maximum Gasteiger partial charge on any atom is 0.157 e. The maximum atomic E-state index is 10.7. The average molecular weight is 433 g/mol. The molecule has 4 atom stereocenters. The van der Waals surface area contributed by atoms with Crippen molar-refractivity contribution in [2.45, 2.75) is 88.3 Å². The van der Waals surface area contributed by atoms with Gasteiger partial charge in [-0.15, -0.1) is 11.8 Å². The van der Waals surface area contributed by atoms with Crippen LogP contribution in [0.5, 0.6) is 0 Å². The molecular weight excluding hydrogens is 392 g/mol. The Morgan fingerprint density at radius 3 is 2.73 bits per heavy atom. The summed E-state index contributed by atoms with van der Waals surface area (Å²) < 4.78 is 11.4. The standard InChI is InChI=1S/C26H40O3S/c1-20(2)23(19-25(27)22(4)30-24-12-6-5-7-13-24)16-15-21(3)11-10-18-29-26-14-8-9-17-28-26/h5-7,12-13,15,22-23,25-27H,1,8-11,14,16-19H2,2-4H3/b21-15-/t22?,23-,25?,26?/m1/s1. The fourth-order valence-electron chi connectivity index (χ4n) is 3.63. The van der Waals surface area contributed by atoms with Gasteiger partial charge in [-0.05, 0) is 76.8 Å². The lowest BCUT2D eigenvalue weighted by Gasteiger charge is -2.24. The minimum Gasteiger partial charge on any atom is -0.392 e. The molecule has 1 aliphatic heterocycles. The Bertz CT molecular complexity index is 637. The van der Waals surface area contributed by atoms with Crippen LogP contribution in [-0.2, 0) is 9.47 Å². The van der Waals surface area contributed by atoms with E-state index < -0.39 is 0 Å². The molecule has 0 radical (unpaired) electrons. The molecule has 3 unspecified atom stereocenters. The molecule has 1 aromatic rings. The van der Waals surface area contributed by atoms with Crippen LogP contribution >= 0.6 is 11.8 Å². The van der Waals surface area contributed by atoms with Crippen molar-refractivity contribution in [3.8, 4) is 0 Å². The monoisotopic (exact) mass is 432 g/mol. The molecule has 1 saturated heterocycles. The quantitative estimate of drug-likeness (QED) is 0.212. The van der Waals surface area contributed by atoms with Gasteiger partial charge in [0.1, 0.15) is 0 Å². The summed E-state index contributed by atoms with van der Waals surface area (Å²) in [7, 11) is 0. The number of thioether (sulfide) groups is 1. The third kappa shape index (κ3) is 9.82. The van der Waals surface area contributed by atoms with Gasteiger partial charge in [-0.3, -0.25) is 0 Å². The predicted molar refractivity (Wildman–Crippen MR) is 128 cm³/mol. The second-order valence-corrected chi connectivity index (χ2v) is 9.99. The molecule has 1 heterocycles. The van der Waals surface area contributed by atoms with E-state index in [-0.39, 0.29) is 17.6 Å². The van der Waals surface area contributed by atoms with Gasteiger partial charge in [-0.25, -0.2) is 0 Å². The number of ether oxygens (including phenoxy) is 2. The van der Waals surface area contributed by atoms with Crippen molar-refractivity contribution < 1.29 is 14.6 Å². The van der Waals surface area contributed by atoms with Gasteiger partial charge < -0.3 is 14.6 Å². The van der Waals surface area contributed by atoms with Crippen LogP contribution < -0.4 is 0 Å². The molecule has 1 aromatic carbocycles. The second kappa shape index (κ2) is 14.1. The van der Waals surface area contributed by atoms with E-state index >= 15 is 0 Å². The van der Waals surface area contributed by atoms with Crippen molar-refractivity contribution in [3.63, 3.8) is 0 Å². The zero-order valence-corrected chi connectivity index (χ0v) is 19.8. The number of allylic oxidation sites excluding steroid dienone is 3. The topological polar surface area (TPSA) is 38.7 Å². The molecule has 0 aromatic heterocycles. The number of hydrogen-bond acceptors (Lipinski definition) is 4. The second-order valence-electron chi connectivity index (χ2n) is 8.54. The third-order valence-electron chi connectivity index (χ3n) is 5.74. The van der Waals surface area contributed by atoms with Crippen molar-refractivity contribution in [1.82, 2.24) is 0 Å². The SMILES string of the molecule is C=C(C)[C@H](C/C=C(/C)CCCOC1CCCCO1)CC(O)C(C)Sc1ccccc1. The van der Waals surface area contributed by atoms with Gasteiger partial charge in [0.05, 0.1) is 12.7 Å². The maximum absolute atomic E-state index is 10.7. The Morgan fingerprint density at radius 1 is 1.30 bits per heavy atom. The first-order valence-electron chi connectivity index (χ1n) is 11.4. The van der Waals surface area contributed by atoms with Crippen LogP contribution in [0.25, 0.3) is 0 Å². The molecule has 1 aliphatic rings. The summed E-state index contributed by atoms with van der Waals surface area (Å²) in [6.45, 7) is 12.1. The van der Waals surface area contributed by atoms with Crippen LogP contribution in [0, 0.1) is 5.92 Å². The molecule has 1 fully saturated rings. The largest absolute Gasteiger partial charge is 0.392 e. The Labute approximate surface area is 187 Å². The normalized spacial score (nSPS) is 20.5. The first kappa shape index (κ1) is 25.2. The molecule has 2 rings (SSSR count). The fraction of sp³-hybridized carbons (Fsp3) is 0.615. The molecular formula is C26H40O3S. The highest BCUT2D eigenvalue weighted by Crippen LogP contribution is 2.30. The number of hydrogen-bond donors (Lipinski definition) is 1. The summed E-state index contributed by atoms with van der Waals surface area (Å²) >= 11 is 1.74. The molecule has 1 N–H and O–H groups in total. The minimum atomic E-state index is -0.352. The predicted octanol–water partition coefficient (Wildman–Crippen LogP) is 6.77. The summed E-state index contributed by atoms with van der Waals surface area (Å²) in [6.07, 6.45) is 9.12. The first-order valence-corrected chi connectivity index (χ1v) is 12.3.